The Kier molecular flexibility index (Phi) is 6.54. The minimum absolute atomic E-state index is 0.0203. The van der Waals surface area contributed by atoms with Gasteiger partial charge in [0.05, 0.1) is 6.04 Å². The number of fused-ring (bicyclic) bond motifs is 4. The Morgan fingerprint density at radius 1 is 1.09 bits per heavy atom. The van der Waals surface area contributed by atoms with E-state index >= 15 is 0 Å². The maximum absolute atomic E-state index is 13.0. The van der Waals surface area contributed by atoms with E-state index in [0.717, 1.165) is 56.6 Å². The van der Waals surface area contributed by atoms with E-state index in [9.17, 15) is 4.79 Å². The van der Waals surface area contributed by atoms with E-state index in [1.165, 1.54) is 16.7 Å². The zero-order valence-electron chi connectivity index (χ0n) is 20.5. The van der Waals surface area contributed by atoms with Gasteiger partial charge in [0.15, 0.2) is 6.79 Å². The van der Waals surface area contributed by atoms with Gasteiger partial charge in [0.1, 0.15) is 11.9 Å². The lowest BCUT2D eigenvalue weighted by atomic mass is 9.70. The smallest absolute Gasteiger partial charge is 0.407 e. The lowest BCUT2D eigenvalue weighted by molar-refractivity contribution is -0.0353. The maximum atomic E-state index is 13.0. The van der Waals surface area contributed by atoms with Crippen LogP contribution in [0.15, 0.2) is 42.5 Å². The first-order valence-corrected chi connectivity index (χ1v) is 12.5. The predicted molar refractivity (Wildman–Crippen MR) is 132 cm³/mol. The standard InChI is InChI=1S/C28H36N2O4/c1-28(2)13-10-22-16-21(19-4-7-23(8-5-19)33-18-32-3)6-9-24(22)26(28)29-27(31)34-25-17-30-14-11-20(25)12-15-30/h4-9,16,20,25-26H,10-15,17-18H2,1-3H3,(H,29,31)/t25-,26?/m0/s1. The third-order valence-corrected chi connectivity index (χ3v) is 7.92. The van der Waals surface area contributed by atoms with Gasteiger partial charge in [0.25, 0.3) is 0 Å². The van der Waals surface area contributed by atoms with Crippen LogP contribution in [0.25, 0.3) is 11.1 Å². The molecule has 6 nitrogen and oxygen atoms in total. The summed E-state index contributed by atoms with van der Waals surface area (Å²) in [4.78, 5) is 15.4. The van der Waals surface area contributed by atoms with Crippen molar-refractivity contribution in [3.05, 3.63) is 53.6 Å². The Bertz CT molecular complexity index is 1010. The van der Waals surface area contributed by atoms with E-state index in [1.807, 2.05) is 12.1 Å². The second-order valence-electron chi connectivity index (χ2n) is 10.6. The number of methoxy groups -OCH3 is 1. The molecule has 182 valence electrons. The number of nitrogens with zero attached hydrogens (tertiary/aromatic N) is 1. The van der Waals surface area contributed by atoms with Gasteiger partial charge in [-0.1, -0.05) is 44.2 Å². The van der Waals surface area contributed by atoms with Gasteiger partial charge >= 0.3 is 6.09 Å². The fourth-order valence-corrected chi connectivity index (χ4v) is 5.78. The van der Waals surface area contributed by atoms with E-state index in [2.05, 4.69) is 54.4 Å². The highest BCUT2D eigenvalue weighted by molar-refractivity contribution is 5.70. The Morgan fingerprint density at radius 3 is 2.50 bits per heavy atom. The van der Waals surface area contributed by atoms with Crippen LogP contribution in [0.2, 0.25) is 0 Å². The number of nitrogens with one attached hydrogen (secondary N) is 1. The van der Waals surface area contributed by atoms with Crippen molar-refractivity contribution < 1.29 is 19.0 Å². The number of alkyl carbamates (subject to hydrolysis) is 1. The van der Waals surface area contributed by atoms with E-state index in [-0.39, 0.29) is 30.4 Å². The minimum atomic E-state index is -0.277. The molecule has 2 bridgehead atoms. The second-order valence-corrected chi connectivity index (χ2v) is 10.6. The van der Waals surface area contributed by atoms with Crippen LogP contribution in [-0.2, 0) is 15.9 Å². The van der Waals surface area contributed by atoms with Crippen molar-refractivity contribution in [3.63, 3.8) is 0 Å². The van der Waals surface area contributed by atoms with Crippen molar-refractivity contribution in [1.82, 2.24) is 10.2 Å². The number of hydrogen-bond acceptors (Lipinski definition) is 5. The van der Waals surface area contributed by atoms with Crippen molar-refractivity contribution in [2.24, 2.45) is 11.3 Å². The van der Waals surface area contributed by atoms with Crippen LogP contribution in [0.5, 0.6) is 5.75 Å². The Hall–Kier alpha value is -2.57. The zero-order chi connectivity index (χ0) is 23.7. The number of carbonyl (C=O) groups is 1. The molecule has 2 aromatic carbocycles. The van der Waals surface area contributed by atoms with E-state index in [0.29, 0.717) is 5.92 Å². The molecule has 2 aromatic rings. The SMILES string of the molecule is COCOc1ccc(-c2ccc3c(c2)CCC(C)(C)C3NC(=O)O[C@H]2CN3CCC2CC3)cc1. The van der Waals surface area contributed by atoms with Crippen LogP contribution >= 0.6 is 0 Å². The van der Waals surface area contributed by atoms with Gasteiger partial charge in [-0.25, -0.2) is 4.79 Å². The number of piperidine rings is 3. The highest BCUT2D eigenvalue weighted by Crippen LogP contribution is 2.44. The zero-order valence-corrected chi connectivity index (χ0v) is 20.5. The van der Waals surface area contributed by atoms with Gasteiger partial charge in [-0.2, -0.15) is 0 Å². The van der Waals surface area contributed by atoms with Crippen molar-refractivity contribution in [2.75, 3.05) is 33.5 Å². The summed E-state index contributed by atoms with van der Waals surface area (Å²) in [5.74, 6) is 1.30. The molecule has 3 aliphatic heterocycles. The molecule has 0 saturated carbocycles. The molecule has 6 heteroatoms. The summed E-state index contributed by atoms with van der Waals surface area (Å²) >= 11 is 0. The van der Waals surface area contributed by atoms with Gasteiger partial charge in [-0.05, 0) is 84.5 Å². The minimum Gasteiger partial charge on any atom is -0.468 e. The molecular formula is C28H36N2O4. The molecule has 3 heterocycles. The average molecular weight is 465 g/mol. The molecule has 6 rings (SSSR count). The first-order chi connectivity index (χ1) is 16.4. The summed E-state index contributed by atoms with van der Waals surface area (Å²) in [6.45, 7) is 7.87. The van der Waals surface area contributed by atoms with Crippen molar-refractivity contribution in [2.45, 2.75) is 51.7 Å². The van der Waals surface area contributed by atoms with Crippen molar-refractivity contribution in [1.29, 1.82) is 0 Å². The lowest BCUT2D eigenvalue weighted by Crippen LogP contribution is -2.53. The molecule has 2 atom stereocenters. The molecule has 0 radical (unpaired) electrons. The van der Waals surface area contributed by atoms with Gasteiger partial charge in [0, 0.05) is 13.7 Å². The Labute approximate surface area is 202 Å². The van der Waals surface area contributed by atoms with Gasteiger partial charge in [-0.3, -0.25) is 4.90 Å². The van der Waals surface area contributed by atoms with Crippen LogP contribution in [0.3, 0.4) is 0 Å². The van der Waals surface area contributed by atoms with Crippen LogP contribution in [0.1, 0.15) is 50.3 Å². The van der Waals surface area contributed by atoms with E-state index in [4.69, 9.17) is 14.2 Å². The van der Waals surface area contributed by atoms with Gasteiger partial charge < -0.3 is 19.5 Å². The number of benzene rings is 2. The molecule has 1 amide bonds. The summed E-state index contributed by atoms with van der Waals surface area (Å²) in [6.07, 6.45) is 4.03. The molecular weight excluding hydrogens is 428 g/mol. The fourth-order valence-electron chi connectivity index (χ4n) is 5.78. The number of aryl methyl sites for hydroxylation is 1. The first-order valence-electron chi connectivity index (χ1n) is 12.5. The summed E-state index contributed by atoms with van der Waals surface area (Å²) in [7, 11) is 1.61. The molecule has 3 fully saturated rings. The molecule has 0 spiro atoms. The van der Waals surface area contributed by atoms with Crippen LogP contribution < -0.4 is 10.1 Å². The summed E-state index contributed by atoms with van der Waals surface area (Å²) in [6, 6.07) is 14.6. The Morgan fingerprint density at radius 2 is 1.82 bits per heavy atom. The molecule has 34 heavy (non-hydrogen) atoms. The second kappa shape index (κ2) is 9.59. The molecule has 3 saturated heterocycles. The van der Waals surface area contributed by atoms with Crippen LogP contribution in [0.4, 0.5) is 4.79 Å². The van der Waals surface area contributed by atoms with Gasteiger partial charge in [0.2, 0.25) is 0 Å². The van der Waals surface area contributed by atoms with Gasteiger partial charge in [-0.15, -0.1) is 0 Å². The predicted octanol–water partition coefficient (Wildman–Crippen LogP) is 5.17. The normalized spacial score (nSPS) is 27.0. The first kappa shape index (κ1) is 23.2. The molecule has 1 unspecified atom stereocenters. The molecule has 1 N–H and O–H groups in total. The quantitative estimate of drug-likeness (QED) is 0.598. The number of amides is 1. The largest absolute Gasteiger partial charge is 0.468 e. The summed E-state index contributed by atoms with van der Waals surface area (Å²) < 4.78 is 16.4. The summed E-state index contributed by atoms with van der Waals surface area (Å²) in [5.41, 5.74) is 4.77. The number of carbonyl (C=O) groups excluding carboxylic acids is 1. The third kappa shape index (κ3) is 4.80. The van der Waals surface area contributed by atoms with E-state index in [1.54, 1.807) is 7.11 Å². The van der Waals surface area contributed by atoms with Crippen LogP contribution in [-0.4, -0.2) is 50.6 Å². The fraction of sp³-hybridized carbons (Fsp3) is 0.536. The average Bonchev–Trinajstić information content (AvgIpc) is 2.85. The monoisotopic (exact) mass is 464 g/mol. The van der Waals surface area contributed by atoms with Crippen molar-refractivity contribution in [3.8, 4) is 16.9 Å². The highest BCUT2D eigenvalue weighted by Gasteiger charge is 2.40. The molecule has 1 aliphatic carbocycles. The van der Waals surface area contributed by atoms with E-state index < -0.39 is 0 Å². The topological polar surface area (TPSA) is 60.0 Å². The highest BCUT2D eigenvalue weighted by atomic mass is 16.7. The molecule has 0 aromatic heterocycles. The Balaban J connectivity index is 1.31. The molecule has 4 aliphatic rings. The number of ether oxygens (including phenoxy) is 3. The lowest BCUT2D eigenvalue weighted by Gasteiger charge is -2.44. The number of rotatable bonds is 6. The van der Waals surface area contributed by atoms with Crippen molar-refractivity contribution >= 4 is 6.09 Å². The van der Waals surface area contributed by atoms with Crippen LogP contribution in [0, 0.1) is 11.3 Å². The third-order valence-electron chi connectivity index (χ3n) is 7.92. The maximum Gasteiger partial charge on any atom is 0.407 e. The summed E-state index contributed by atoms with van der Waals surface area (Å²) in [5, 5.41) is 3.25. The number of hydrogen-bond donors (Lipinski definition) is 1.